The monoisotopic (exact) mass is 673 g/mol. The lowest BCUT2D eigenvalue weighted by molar-refractivity contribution is -0.142. The molecule has 0 spiro atoms. The van der Waals surface area contributed by atoms with Crippen molar-refractivity contribution in [3.05, 3.63) is 95.1 Å². The quantitative estimate of drug-likeness (QED) is 0.331. The number of sulfone groups is 1. The van der Waals surface area contributed by atoms with Gasteiger partial charge in [-0.25, -0.2) is 8.42 Å². The SMILES string of the molecule is CCS(=O)(=O)c1ccc([C@H](CO)NC(=O)c2ccc(N3CC(c4ccc(C(F)(F)F)cc4)CC[C@H]3C(=O)N3CCCOC3)cc2)cc1. The van der Waals surface area contributed by atoms with Crippen LogP contribution in [-0.4, -0.2) is 75.1 Å². The molecule has 2 aliphatic rings. The summed E-state index contributed by atoms with van der Waals surface area (Å²) < 4.78 is 69.3. The lowest BCUT2D eigenvalue weighted by Crippen LogP contribution is -2.54. The van der Waals surface area contributed by atoms with Crippen LogP contribution >= 0.6 is 0 Å². The molecule has 0 radical (unpaired) electrons. The van der Waals surface area contributed by atoms with E-state index in [4.69, 9.17) is 4.74 Å². The summed E-state index contributed by atoms with van der Waals surface area (Å²) in [6, 6.07) is 16.6. The third-order valence-electron chi connectivity index (χ3n) is 8.82. The maximum Gasteiger partial charge on any atom is 0.416 e. The van der Waals surface area contributed by atoms with Crippen LogP contribution in [0.25, 0.3) is 0 Å². The number of nitrogens with zero attached hydrogens (tertiary/aromatic N) is 2. The highest BCUT2D eigenvalue weighted by Gasteiger charge is 2.37. The molecule has 2 heterocycles. The van der Waals surface area contributed by atoms with Gasteiger partial charge in [-0.15, -0.1) is 0 Å². The molecule has 3 aromatic rings. The lowest BCUT2D eigenvalue weighted by atomic mass is 9.86. The molecule has 252 valence electrons. The number of ether oxygens (including phenoxy) is 1. The molecule has 2 aliphatic heterocycles. The first-order chi connectivity index (χ1) is 22.4. The summed E-state index contributed by atoms with van der Waals surface area (Å²) in [5, 5.41) is 12.8. The van der Waals surface area contributed by atoms with Gasteiger partial charge in [0.2, 0.25) is 5.91 Å². The van der Waals surface area contributed by atoms with E-state index in [0.717, 1.165) is 24.1 Å². The number of benzene rings is 3. The van der Waals surface area contributed by atoms with Crippen molar-refractivity contribution in [1.82, 2.24) is 10.2 Å². The van der Waals surface area contributed by atoms with Crippen LogP contribution in [0.2, 0.25) is 0 Å². The molecule has 0 aliphatic carbocycles. The molecule has 47 heavy (non-hydrogen) atoms. The maximum absolute atomic E-state index is 13.7. The van der Waals surface area contributed by atoms with Crippen molar-refractivity contribution in [2.24, 2.45) is 0 Å². The predicted octanol–water partition coefficient (Wildman–Crippen LogP) is 4.92. The Morgan fingerprint density at radius 1 is 1.00 bits per heavy atom. The van der Waals surface area contributed by atoms with Gasteiger partial charge in [-0.1, -0.05) is 31.2 Å². The molecule has 0 aromatic heterocycles. The third-order valence-corrected chi connectivity index (χ3v) is 10.6. The number of carbonyl (C=O) groups excluding carboxylic acids is 2. The van der Waals surface area contributed by atoms with Crippen LogP contribution in [0.5, 0.6) is 0 Å². The number of halogens is 3. The molecule has 3 aromatic carbocycles. The number of amides is 2. The number of aliphatic hydroxyl groups is 1. The Kier molecular flexibility index (Phi) is 10.6. The third kappa shape index (κ3) is 7.96. The Morgan fingerprint density at radius 2 is 1.68 bits per heavy atom. The van der Waals surface area contributed by atoms with Gasteiger partial charge >= 0.3 is 6.18 Å². The normalized spacial score (nSPS) is 19.7. The van der Waals surface area contributed by atoms with E-state index in [0.29, 0.717) is 49.4 Å². The second-order valence-electron chi connectivity index (χ2n) is 11.8. The molecule has 1 unspecified atom stereocenters. The zero-order valence-electron chi connectivity index (χ0n) is 25.9. The van der Waals surface area contributed by atoms with Crippen LogP contribution < -0.4 is 10.2 Å². The van der Waals surface area contributed by atoms with Crippen molar-refractivity contribution in [2.45, 2.75) is 55.3 Å². The van der Waals surface area contributed by atoms with Crippen LogP contribution in [0.3, 0.4) is 0 Å². The summed E-state index contributed by atoms with van der Waals surface area (Å²) in [6.45, 7) is 2.89. The predicted molar refractivity (Wildman–Crippen MR) is 170 cm³/mol. The molecule has 2 amide bonds. The Morgan fingerprint density at radius 3 is 2.26 bits per heavy atom. The van der Waals surface area contributed by atoms with E-state index in [9.17, 15) is 36.3 Å². The largest absolute Gasteiger partial charge is 0.416 e. The lowest BCUT2D eigenvalue weighted by Gasteiger charge is -2.43. The minimum absolute atomic E-state index is 0.0444. The van der Waals surface area contributed by atoms with E-state index in [1.165, 1.54) is 24.3 Å². The molecule has 13 heteroatoms. The summed E-state index contributed by atoms with van der Waals surface area (Å²) in [5.41, 5.74) is 1.56. The van der Waals surface area contributed by atoms with Crippen molar-refractivity contribution in [2.75, 3.05) is 43.7 Å². The number of hydrogen-bond acceptors (Lipinski definition) is 7. The van der Waals surface area contributed by atoms with Gasteiger partial charge in [0.05, 0.1) is 35.5 Å². The van der Waals surface area contributed by atoms with Gasteiger partial charge in [0.1, 0.15) is 12.8 Å². The van der Waals surface area contributed by atoms with Crippen molar-refractivity contribution in [1.29, 1.82) is 0 Å². The summed E-state index contributed by atoms with van der Waals surface area (Å²) in [6.07, 6.45) is -2.60. The molecular weight excluding hydrogens is 635 g/mol. The highest BCUT2D eigenvalue weighted by molar-refractivity contribution is 7.91. The molecule has 9 nitrogen and oxygen atoms in total. The van der Waals surface area contributed by atoms with E-state index in [-0.39, 0.29) is 29.2 Å². The van der Waals surface area contributed by atoms with Gasteiger partial charge in [0.15, 0.2) is 9.84 Å². The zero-order valence-corrected chi connectivity index (χ0v) is 26.8. The number of hydrogen-bond donors (Lipinski definition) is 2. The fraction of sp³-hybridized carbons (Fsp3) is 0.412. The number of carbonyl (C=O) groups is 2. The maximum atomic E-state index is 13.7. The second kappa shape index (κ2) is 14.4. The second-order valence-corrected chi connectivity index (χ2v) is 14.1. The van der Waals surface area contributed by atoms with Gasteiger partial charge in [-0.05, 0) is 78.9 Å². The van der Waals surface area contributed by atoms with Gasteiger partial charge < -0.3 is 25.0 Å². The zero-order chi connectivity index (χ0) is 33.8. The first kappa shape index (κ1) is 34.4. The fourth-order valence-electron chi connectivity index (χ4n) is 6.07. The minimum Gasteiger partial charge on any atom is -0.394 e. The Hall–Kier alpha value is -3.94. The molecule has 2 N–H and O–H groups in total. The molecule has 2 saturated heterocycles. The van der Waals surface area contributed by atoms with Crippen molar-refractivity contribution in [3.63, 3.8) is 0 Å². The number of piperidine rings is 1. The Bertz CT molecular complexity index is 1640. The molecule has 5 rings (SSSR count). The van der Waals surface area contributed by atoms with E-state index < -0.39 is 46.2 Å². The van der Waals surface area contributed by atoms with Gasteiger partial charge in [-0.2, -0.15) is 13.2 Å². The first-order valence-corrected chi connectivity index (χ1v) is 17.2. The van der Waals surface area contributed by atoms with Gasteiger partial charge in [-0.3, -0.25) is 9.59 Å². The highest BCUT2D eigenvalue weighted by atomic mass is 32.2. The Balaban J connectivity index is 1.34. The van der Waals surface area contributed by atoms with Crippen molar-refractivity contribution in [3.8, 4) is 0 Å². The van der Waals surface area contributed by atoms with Crippen molar-refractivity contribution >= 4 is 27.3 Å². The smallest absolute Gasteiger partial charge is 0.394 e. The van der Waals surface area contributed by atoms with Gasteiger partial charge in [0, 0.05) is 30.3 Å². The van der Waals surface area contributed by atoms with E-state index in [1.54, 1.807) is 48.2 Å². The topological polar surface area (TPSA) is 116 Å². The average Bonchev–Trinajstić information content (AvgIpc) is 3.10. The molecule has 0 bridgehead atoms. The standard InChI is InChI=1S/C34H38F3N3O6S/c1-2-47(44,45)29-15-8-24(9-16-29)30(21-41)38-32(42)25-6-13-28(14-7-25)40-20-26(23-4-11-27(12-5-23)34(35,36)37)10-17-31(40)33(43)39-18-3-19-46-22-39/h4-9,11-16,26,30-31,41H,2-3,10,17-22H2,1H3,(H,38,42)/t26?,30-,31-/m0/s1. The van der Waals surface area contributed by atoms with Crippen LogP contribution in [0.4, 0.5) is 18.9 Å². The van der Waals surface area contributed by atoms with Crippen LogP contribution in [0.1, 0.15) is 65.2 Å². The molecule has 2 fully saturated rings. The summed E-state index contributed by atoms with van der Waals surface area (Å²) in [5.74, 6) is -0.705. The van der Waals surface area contributed by atoms with E-state index >= 15 is 0 Å². The fourth-order valence-corrected chi connectivity index (χ4v) is 6.95. The minimum atomic E-state index is -4.43. The molecular formula is C34H38F3N3O6S. The van der Waals surface area contributed by atoms with E-state index in [1.807, 2.05) is 4.90 Å². The summed E-state index contributed by atoms with van der Waals surface area (Å²) in [7, 11) is -3.39. The van der Waals surface area contributed by atoms with Crippen LogP contribution in [0, 0.1) is 0 Å². The van der Waals surface area contributed by atoms with E-state index in [2.05, 4.69) is 5.32 Å². The number of anilines is 1. The first-order valence-electron chi connectivity index (χ1n) is 15.6. The van der Waals surface area contributed by atoms with Crippen LogP contribution in [-0.2, 0) is 25.5 Å². The van der Waals surface area contributed by atoms with Crippen LogP contribution in [0.15, 0.2) is 77.7 Å². The summed E-state index contributed by atoms with van der Waals surface area (Å²) in [4.78, 5) is 30.6. The van der Waals surface area contributed by atoms with Crippen molar-refractivity contribution < 1.29 is 41.0 Å². The Labute approximate surface area is 272 Å². The number of aliphatic hydroxyl groups excluding tert-OH is 1. The number of nitrogens with one attached hydrogen (secondary N) is 1. The summed E-state index contributed by atoms with van der Waals surface area (Å²) >= 11 is 0. The highest BCUT2D eigenvalue weighted by Crippen LogP contribution is 2.36. The number of rotatable bonds is 9. The molecule has 0 saturated carbocycles. The number of alkyl halides is 3. The molecule has 3 atom stereocenters. The average molecular weight is 674 g/mol. The van der Waals surface area contributed by atoms with Gasteiger partial charge in [0.25, 0.3) is 5.91 Å².